The van der Waals surface area contributed by atoms with Crippen molar-refractivity contribution in [3.8, 4) is 0 Å². The van der Waals surface area contributed by atoms with E-state index in [9.17, 15) is 9.18 Å². The number of carbonyl (C=O) groups excluding carboxylic acids is 1. The summed E-state index contributed by atoms with van der Waals surface area (Å²) < 4.78 is 13.6. The third-order valence-corrected chi connectivity index (χ3v) is 3.36. The van der Waals surface area contributed by atoms with E-state index in [4.69, 9.17) is 10.9 Å². The van der Waals surface area contributed by atoms with Crippen LogP contribution < -0.4 is 11.1 Å². The molecule has 0 aromatic heterocycles. The van der Waals surface area contributed by atoms with E-state index in [1.165, 1.54) is 18.2 Å². The van der Waals surface area contributed by atoms with Crippen LogP contribution in [-0.2, 0) is 0 Å². The number of amides is 1. The van der Waals surface area contributed by atoms with Crippen molar-refractivity contribution in [1.82, 2.24) is 0 Å². The van der Waals surface area contributed by atoms with Crippen LogP contribution in [0.4, 0.5) is 10.1 Å². The lowest BCUT2D eigenvalue weighted by Gasteiger charge is -2.09. The molecule has 4 N–H and O–H groups in total. The van der Waals surface area contributed by atoms with Crippen LogP contribution in [0.3, 0.4) is 0 Å². The number of halogens is 2. The second-order valence-electron chi connectivity index (χ2n) is 4.14. The first-order valence-corrected chi connectivity index (χ1v) is 6.65. The minimum absolute atomic E-state index is 0.0429. The molecule has 0 saturated carbocycles. The Morgan fingerprint density at radius 1 is 1.24 bits per heavy atom. The third-order valence-electron chi connectivity index (χ3n) is 2.71. The first kappa shape index (κ1) is 15.0. The summed E-state index contributed by atoms with van der Waals surface area (Å²) in [4.78, 5) is 12.0. The molecule has 0 unspecified atom stereocenters. The summed E-state index contributed by atoms with van der Waals surface area (Å²) in [6.45, 7) is 0. The topological polar surface area (TPSA) is 87.7 Å². The molecule has 0 bridgehead atoms. The Labute approximate surface area is 128 Å². The molecule has 2 aromatic carbocycles. The molecule has 5 nitrogen and oxygen atoms in total. The fourth-order valence-corrected chi connectivity index (χ4v) is 2.14. The van der Waals surface area contributed by atoms with Crippen LogP contribution in [0.1, 0.15) is 15.9 Å². The number of hydrogen-bond donors (Lipinski definition) is 3. The number of benzene rings is 2. The van der Waals surface area contributed by atoms with Gasteiger partial charge in [0.2, 0.25) is 0 Å². The molecule has 0 aliphatic rings. The zero-order valence-electron chi connectivity index (χ0n) is 10.7. The summed E-state index contributed by atoms with van der Waals surface area (Å²) in [5, 5.41) is 14.1. The zero-order valence-corrected chi connectivity index (χ0v) is 12.3. The van der Waals surface area contributed by atoms with Crippen molar-refractivity contribution in [3.05, 3.63) is 63.9 Å². The maximum Gasteiger partial charge on any atom is 0.255 e. The Hall–Kier alpha value is -2.41. The van der Waals surface area contributed by atoms with Crippen LogP contribution in [0.5, 0.6) is 0 Å². The molecular weight excluding hydrogens is 341 g/mol. The number of hydrogen-bond acceptors (Lipinski definition) is 3. The second kappa shape index (κ2) is 6.36. The van der Waals surface area contributed by atoms with Crippen molar-refractivity contribution in [1.29, 1.82) is 0 Å². The van der Waals surface area contributed by atoms with Crippen LogP contribution in [0.2, 0.25) is 0 Å². The molecule has 21 heavy (non-hydrogen) atoms. The first-order valence-electron chi connectivity index (χ1n) is 5.85. The summed E-state index contributed by atoms with van der Waals surface area (Å²) in [7, 11) is 0. The molecular formula is C14H11BrFN3O2. The summed E-state index contributed by atoms with van der Waals surface area (Å²) in [5.74, 6) is -0.963. The van der Waals surface area contributed by atoms with E-state index in [0.29, 0.717) is 15.7 Å². The van der Waals surface area contributed by atoms with Crippen LogP contribution in [0, 0.1) is 5.82 Å². The standard InChI is InChI=1S/C14H11BrFN3O2/c15-11-7-8(13(17)19-21)4-5-12(11)18-14(20)9-2-1-3-10(16)6-9/h1-7,21H,(H2,17,19)(H,18,20). The molecule has 2 aromatic rings. The first-order chi connectivity index (χ1) is 10.0. The van der Waals surface area contributed by atoms with Crippen molar-refractivity contribution in [2.24, 2.45) is 10.9 Å². The third kappa shape index (κ3) is 3.57. The number of rotatable bonds is 3. The highest BCUT2D eigenvalue weighted by Crippen LogP contribution is 2.24. The van der Waals surface area contributed by atoms with Crippen molar-refractivity contribution >= 4 is 33.4 Å². The van der Waals surface area contributed by atoms with E-state index in [-0.39, 0.29) is 11.4 Å². The summed E-state index contributed by atoms with van der Waals surface area (Å²) in [6, 6.07) is 10.1. The van der Waals surface area contributed by atoms with Gasteiger partial charge < -0.3 is 16.3 Å². The number of amidine groups is 1. The molecule has 0 fully saturated rings. The van der Waals surface area contributed by atoms with Gasteiger partial charge in [0.25, 0.3) is 5.91 Å². The maximum absolute atomic E-state index is 13.1. The van der Waals surface area contributed by atoms with Crippen LogP contribution >= 0.6 is 15.9 Å². The van der Waals surface area contributed by atoms with Gasteiger partial charge in [-0.3, -0.25) is 4.79 Å². The van der Waals surface area contributed by atoms with E-state index < -0.39 is 11.7 Å². The number of nitrogens with one attached hydrogen (secondary N) is 1. The van der Waals surface area contributed by atoms with E-state index in [0.717, 1.165) is 6.07 Å². The lowest BCUT2D eigenvalue weighted by atomic mass is 10.1. The molecule has 2 rings (SSSR count). The van der Waals surface area contributed by atoms with Gasteiger partial charge in [0.15, 0.2) is 5.84 Å². The molecule has 0 aliphatic carbocycles. The average Bonchev–Trinajstić information content (AvgIpc) is 2.48. The molecule has 1 amide bonds. The largest absolute Gasteiger partial charge is 0.409 e. The van der Waals surface area contributed by atoms with Crippen LogP contribution in [0.25, 0.3) is 0 Å². The average molecular weight is 352 g/mol. The fraction of sp³-hybridized carbons (Fsp3) is 0. The summed E-state index contributed by atoms with van der Waals surface area (Å²) >= 11 is 3.28. The van der Waals surface area contributed by atoms with E-state index in [2.05, 4.69) is 26.4 Å². The molecule has 0 aliphatic heterocycles. The Morgan fingerprint density at radius 3 is 2.62 bits per heavy atom. The highest BCUT2D eigenvalue weighted by molar-refractivity contribution is 9.10. The molecule has 7 heteroatoms. The second-order valence-corrected chi connectivity index (χ2v) is 5.00. The smallest absolute Gasteiger partial charge is 0.255 e. The minimum atomic E-state index is -0.482. The quantitative estimate of drug-likeness (QED) is 0.344. The number of carbonyl (C=O) groups is 1. The van der Waals surface area contributed by atoms with Gasteiger partial charge in [-0.15, -0.1) is 0 Å². The highest BCUT2D eigenvalue weighted by atomic mass is 79.9. The molecule has 0 atom stereocenters. The Morgan fingerprint density at radius 2 is 2.00 bits per heavy atom. The molecule has 0 spiro atoms. The van der Waals surface area contributed by atoms with Gasteiger partial charge in [-0.1, -0.05) is 11.2 Å². The predicted octanol–water partition coefficient (Wildman–Crippen LogP) is 2.94. The zero-order chi connectivity index (χ0) is 15.4. The number of oxime groups is 1. The molecule has 0 saturated heterocycles. The van der Waals surface area contributed by atoms with Crippen molar-refractivity contribution in [2.75, 3.05) is 5.32 Å². The van der Waals surface area contributed by atoms with Crippen molar-refractivity contribution in [3.63, 3.8) is 0 Å². The van der Waals surface area contributed by atoms with Gasteiger partial charge in [-0.25, -0.2) is 4.39 Å². The lowest BCUT2D eigenvalue weighted by Crippen LogP contribution is -2.15. The van der Waals surface area contributed by atoms with Gasteiger partial charge >= 0.3 is 0 Å². The number of anilines is 1. The van der Waals surface area contributed by atoms with Crippen LogP contribution in [0.15, 0.2) is 52.1 Å². The SMILES string of the molecule is N/C(=N/O)c1ccc(NC(=O)c2cccc(F)c2)c(Br)c1. The van der Waals surface area contributed by atoms with Gasteiger partial charge in [0.05, 0.1) is 5.69 Å². The maximum atomic E-state index is 13.1. The van der Waals surface area contributed by atoms with Crippen molar-refractivity contribution in [2.45, 2.75) is 0 Å². The molecule has 0 radical (unpaired) electrons. The van der Waals surface area contributed by atoms with Gasteiger partial charge in [-0.2, -0.15) is 0 Å². The Bertz CT molecular complexity index is 719. The van der Waals surface area contributed by atoms with E-state index >= 15 is 0 Å². The summed E-state index contributed by atoms with van der Waals surface area (Å²) in [5.41, 5.74) is 6.66. The minimum Gasteiger partial charge on any atom is -0.409 e. The number of nitrogens with zero attached hydrogens (tertiary/aromatic N) is 1. The van der Waals surface area contributed by atoms with Gasteiger partial charge in [0, 0.05) is 15.6 Å². The number of nitrogens with two attached hydrogens (primary N) is 1. The van der Waals surface area contributed by atoms with Gasteiger partial charge in [-0.05, 0) is 52.3 Å². The van der Waals surface area contributed by atoms with Crippen LogP contribution in [-0.4, -0.2) is 17.0 Å². The highest BCUT2D eigenvalue weighted by Gasteiger charge is 2.10. The molecule has 0 heterocycles. The van der Waals surface area contributed by atoms with E-state index in [1.807, 2.05) is 0 Å². The monoisotopic (exact) mass is 351 g/mol. The van der Waals surface area contributed by atoms with Gasteiger partial charge in [0.1, 0.15) is 5.82 Å². The fourth-order valence-electron chi connectivity index (χ4n) is 1.66. The Balaban J connectivity index is 2.22. The normalized spacial score (nSPS) is 11.2. The predicted molar refractivity (Wildman–Crippen MR) is 81.0 cm³/mol. The summed E-state index contributed by atoms with van der Waals surface area (Å²) in [6.07, 6.45) is 0. The van der Waals surface area contributed by atoms with E-state index in [1.54, 1.807) is 18.2 Å². The van der Waals surface area contributed by atoms with Crippen molar-refractivity contribution < 1.29 is 14.4 Å². The lowest BCUT2D eigenvalue weighted by molar-refractivity contribution is 0.102. The Kier molecular flexibility index (Phi) is 4.54. The molecule has 108 valence electrons.